The summed E-state index contributed by atoms with van der Waals surface area (Å²) >= 11 is 3.46. The summed E-state index contributed by atoms with van der Waals surface area (Å²) in [6.07, 6.45) is 3.38. The minimum absolute atomic E-state index is 0.0844. The Bertz CT molecular complexity index is 889. The number of pyridine rings is 1. The lowest BCUT2D eigenvalue weighted by Crippen LogP contribution is -2.17. The second-order valence-electron chi connectivity index (χ2n) is 5.35. The summed E-state index contributed by atoms with van der Waals surface area (Å²) in [6.45, 7) is 1.98. The molecule has 0 saturated carbocycles. The Morgan fingerprint density at radius 1 is 1.39 bits per heavy atom. The molecule has 3 rings (SSSR count). The Morgan fingerprint density at radius 2 is 2.17 bits per heavy atom. The number of nitrogens with zero attached hydrogens (tertiary/aromatic N) is 3. The molecule has 2 aromatic heterocycles. The van der Waals surface area contributed by atoms with E-state index in [2.05, 4.69) is 31.3 Å². The van der Waals surface area contributed by atoms with Gasteiger partial charge in [-0.1, -0.05) is 15.9 Å². The van der Waals surface area contributed by atoms with Crippen LogP contribution in [0.4, 0.5) is 5.69 Å². The number of nitrogens with two attached hydrogens (primary N) is 1. The third kappa shape index (κ3) is 3.05. The van der Waals surface area contributed by atoms with Gasteiger partial charge in [0.05, 0.1) is 28.5 Å². The van der Waals surface area contributed by atoms with Crippen LogP contribution >= 0.6 is 15.9 Å². The van der Waals surface area contributed by atoms with Crippen molar-refractivity contribution >= 4 is 38.4 Å². The Morgan fingerprint density at radius 3 is 2.83 bits per heavy atom. The highest BCUT2D eigenvalue weighted by Gasteiger charge is 2.17. The minimum atomic E-state index is -0.518. The summed E-state index contributed by atoms with van der Waals surface area (Å²) in [6, 6.07) is 7.56. The van der Waals surface area contributed by atoms with E-state index in [9.17, 15) is 4.79 Å². The maximum atomic E-state index is 11.8. The molecular weight excluding hydrogens is 358 g/mol. The number of benzene rings is 1. The second-order valence-corrected chi connectivity index (χ2v) is 6.27. The SMILES string of the molecule is C[C@H](Nc1c(C(N)=O)cnc2ccc(Br)cc12)c1ccn(C)n1. The molecule has 0 aliphatic carbocycles. The van der Waals surface area contributed by atoms with Crippen LogP contribution in [-0.4, -0.2) is 20.7 Å². The zero-order valence-corrected chi connectivity index (χ0v) is 14.3. The van der Waals surface area contributed by atoms with Crippen molar-refractivity contribution in [3.63, 3.8) is 0 Å². The molecule has 3 aromatic rings. The van der Waals surface area contributed by atoms with E-state index in [-0.39, 0.29) is 6.04 Å². The van der Waals surface area contributed by atoms with Crippen LogP contribution < -0.4 is 11.1 Å². The Hall–Kier alpha value is -2.41. The van der Waals surface area contributed by atoms with E-state index in [1.54, 1.807) is 4.68 Å². The van der Waals surface area contributed by atoms with Gasteiger partial charge in [0, 0.05) is 29.3 Å². The third-order valence-corrected chi connectivity index (χ3v) is 4.13. The van der Waals surface area contributed by atoms with Crippen LogP contribution in [0.1, 0.15) is 29.0 Å². The maximum Gasteiger partial charge on any atom is 0.252 e. The van der Waals surface area contributed by atoms with Gasteiger partial charge in [0.1, 0.15) is 0 Å². The molecule has 7 heteroatoms. The molecule has 3 N–H and O–H groups in total. The molecule has 0 aliphatic rings. The Kier molecular flexibility index (Phi) is 4.04. The van der Waals surface area contributed by atoms with Crippen molar-refractivity contribution in [3.8, 4) is 0 Å². The highest BCUT2D eigenvalue weighted by atomic mass is 79.9. The topological polar surface area (TPSA) is 85.8 Å². The number of carbonyl (C=O) groups excluding carboxylic acids is 1. The summed E-state index contributed by atoms with van der Waals surface area (Å²) in [5.74, 6) is -0.518. The van der Waals surface area contributed by atoms with Crippen LogP contribution in [0.3, 0.4) is 0 Å². The van der Waals surface area contributed by atoms with E-state index in [0.29, 0.717) is 11.3 Å². The molecule has 0 unspecified atom stereocenters. The first-order valence-corrected chi connectivity index (χ1v) is 7.89. The number of hydrogen-bond donors (Lipinski definition) is 2. The number of anilines is 1. The molecule has 0 saturated heterocycles. The molecule has 1 atom stereocenters. The van der Waals surface area contributed by atoms with Crippen LogP contribution in [0.5, 0.6) is 0 Å². The molecule has 0 fully saturated rings. The average Bonchev–Trinajstić information content (AvgIpc) is 2.94. The van der Waals surface area contributed by atoms with Crippen molar-refractivity contribution in [2.45, 2.75) is 13.0 Å². The highest BCUT2D eigenvalue weighted by Crippen LogP contribution is 2.31. The lowest BCUT2D eigenvalue weighted by atomic mass is 10.1. The number of aromatic nitrogens is 3. The van der Waals surface area contributed by atoms with E-state index < -0.39 is 5.91 Å². The van der Waals surface area contributed by atoms with Crippen molar-refractivity contribution < 1.29 is 4.79 Å². The van der Waals surface area contributed by atoms with E-state index in [0.717, 1.165) is 21.1 Å². The van der Waals surface area contributed by atoms with Gasteiger partial charge >= 0.3 is 0 Å². The fourth-order valence-electron chi connectivity index (χ4n) is 2.46. The summed E-state index contributed by atoms with van der Waals surface area (Å²) < 4.78 is 2.64. The van der Waals surface area contributed by atoms with E-state index >= 15 is 0 Å². The lowest BCUT2D eigenvalue weighted by molar-refractivity contribution is 0.100. The number of fused-ring (bicyclic) bond motifs is 1. The van der Waals surface area contributed by atoms with Gasteiger partial charge < -0.3 is 11.1 Å². The first kappa shape index (κ1) is 15.5. The van der Waals surface area contributed by atoms with Crippen LogP contribution in [-0.2, 0) is 7.05 Å². The van der Waals surface area contributed by atoms with Gasteiger partial charge in [0.15, 0.2) is 0 Å². The number of halogens is 1. The van der Waals surface area contributed by atoms with E-state index in [1.165, 1.54) is 6.20 Å². The van der Waals surface area contributed by atoms with Gasteiger partial charge in [-0.3, -0.25) is 14.5 Å². The molecule has 1 aromatic carbocycles. The highest BCUT2D eigenvalue weighted by molar-refractivity contribution is 9.10. The first-order chi connectivity index (χ1) is 11.0. The molecule has 0 radical (unpaired) electrons. The van der Waals surface area contributed by atoms with Crippen LogP contribution in [0.15, 0.2) is 41.1 Å². The molecule has 6 nitrogen and oxygen atoms in total. The predicted octanol–water partition coefficient (Wildman–Crippen LogP) is 3.00. The Balaban J connectivity index is 2.11. The third-order valence-electron chi connectivity index (χ3n) is 3.63. The largest absolute Gasteiger partial charge is 0.376 e. The standard InChI is InChI=1S/C16H16BrN5O/c1-9(13-5-6-22(2)21-13)20-15-11-7-10(17)3-4-14(11)19-8-12(15)16(18)23/h3-9H,1-2H3,(H2,18,23)(H,19,20)/t9-/m0/s1. The quantitative estimate of drug-likeness (QED) is 0.735. The summed E-state index contributed by atoms with van der Waals surface area (Å²) in [5.41, 5.74) is 8.20. The molecule has 0 aliphatic heterocycles. The van der Waals surface area contributed by atoms with Crippen LogP contribution in [0.25, 0.3) is 10.9 Å². The van der Waals surface area contributed by atoms with E-state index in [4.69, 9.17) is 5.73 Å². The van der Waals surface area contributed by atoms with Crippen molar-refractivity contribution in [1.82, 2.24) is 14.8 Å². The smallest absolute Gasteiger partial charge is 0.252 e. The molecule has 0 spiro atoms. The monoisotopic (exact) mass is 373 g/mol. The van der Waals surface area contributed by atoms with Gasteiger partial charge in [-0.2, -0.15) is 5.10 Å². The van der Waals surface area contributed by atoms with Crippen LogP contribution in [0, 0.1) is 0 Å². The van der Waals surface area contributed by atoms with Crippen LogP contribution in [0.2, 0.25) is 0 Å². The number of rotatable bonds is 4. The van der Waals surface area contributed by atoms with Gasteiger partial charge in [0.25, 0.3) is 5.91 Å². The number of amides is 1. The number of aryl methyl sites for hydroxylation is 1. The fraction of sp³-hybridized carbons (Fsp3) is 0.188. The molecule has 1 amide bonds. The zero-order chi connectivity index (χ0) is 16.6. The predicted molar refractivity (Wildman–Crippen MR) is 93.2 cm³/mol. The number of primary amides is 1. The second kappa shape index (κ2) is 6.00. The summed E-state index contributed by atoms with van der Waals surface area (Å²) in [4.78, 5) is 16.1. The van der Waals surface area contributed by atoms with Gasteiger partial charge in [-0.05, 0) is 31.2 Å². The molecular formula is C16H16BrN5O. The van der Waals surface area contributed by atoms with Crippen molar-refractivity contribution in [1.29, 1.82) is 0 Å². The minimum Gasteiger partial charge on any atom is -0.376 e. The molecule has 118 valence electrons. The number of carbonyl (C=O) groups is 1. The molecule has 0 bridgehead atoms. The van der Waals surface area contributed by atoms with Crippen molar-refractivity contribution in [2.24, 2.45) is 12.8 Å². The van der Waals surface area contributed by atoms with Gasteiger partial charge in [0.2, 0.25) is 0 Å². The summed E-state index contributed by atoms with van der Waals surface area (Å²) in [7, 11) is 1.87. The van der Waals surface area contributed by atoms with E-state index in [1.807, 2.05) is 44.4 Å². The molecule has 23 heavy (non-hydrogen) atoms. The summed E-state index contributed by atoms with van der Waals surface area (Å²) in [5, 5.41) is 8.58. The number of hydrogen-bond acceptors (Lipinski definition) is 4. The lowest BCUT2D eigenvalue weighted by Gasteiger charge is -2.17. The Labute approximate surface area is 141 Å². The fourth-order valence-corrected chi connectivity index (χ4v) is 2.82. The maximum absolute atomic E-state index is 11.8. The normalized spacial score (nSPS) is 12.3. The van der Waals surface area contributed by atoms with Gasteiger partial charge in [-0.15, -0.1) is 0 Å². The average molecular weight is 374 g/mol. The molecule has 2 heterocycles. The zero-order valence-electron chi connectivity index (χ0n) is 12.7. The first-order valence-electron chi connectivity index (χ1n) is 7.10. The number of nitrogens with one attached hydrogen (secondary N) is 1. The van der Waals surface area contributed by atoms with Crippen molar-refractivity contribution in [2.75, 3.05) is 5.32 Å². The van der Waals surface area contributed by atoms with Gasteiger partial charge in [-0.25, -0.2) is 0 Å². The van der Waals surface area contributed by atoms with Crippen molar-refractivity contribution in [3.05, 3.63) is 52.4 Å².